The lowest BCUT2D eigenvalue weighted by atomic mass is 10.1. The van der Waals surface area contributed by atoms with Crippen LogP contribution < -0.4 is 11.1 Å². The second-order valence-corrected chi connectivity index (χ2v) is 10.1. The van der Waals surface area contributed by atoms with E-state index < -0.39 is 0 Å². The molecule has 10 heteroatoms. The predicted molar refractivity (Wildman–Crippen MR) is 145 cm³/mol. The first-order valence-corrected chi connectivity index (χ1v) is 12.7. The van der Waals surface area contributed by atoms with Crippen LogP contribution in [0.15, 0.2) is 55.2 Å². The smallest absolute Gasteiger partial charge is 0.274 e. The van der Waals surface area contributed by atoms with Gasteiger partial charge in [0.05, 0.1) is 36.1 Å². The summed E-state index contributed by atoms with van der Waals surface area (Å²) in [5.74, 6) is 0. The highest BCUT2D eigenvalue weighted by Crippen LogP contribution is 2.22. The minimum Gasteiger partial charge on any atom is -0.392 e. The molecule has 0 atom stereocenters. The topological polar surface area (TPSA) is 99.2 Å². The first kappa shape index (κ1) is 27.2. The molecular weight excluding hydrogens is 580 g/mol. The summed E-state index contributed by atoms with van der Waals surface area (Å²) in [6.07, 6.45) is 0. The van der Waals surface area contributed by atoms with Crippen molar-refractivity contribution in [2.45, 2.75) is 53.0 Å². The van der Waals surface area contributed by atoms with Crippen molar-refractivity contribution in [3.63, 3.8) is 0 Å². The van der Waals surface area contributed by atoms with Crippen molar-refractivity contribution >= 4 is 53.4 Å². The van der Waals surface area contributed by atoms with E-state index in [4.69, 9.17) is 9.84 Å². The van der Waals surface area contributed by atoms with Gasteiger partial charge in [-0.1, -0.05) is 24.3 Å². The summed E-state index contributed by atoms with van der Waals surface area (Å²) >= 11 is 6.77. The molecular formula is C25H28Br2N4O4. The normalized spacial score (nSPS) is 11.4. The number of nitrogens with zero attached hydrogens (tertiary/aromatic N) is 4. The molecule has 4 aromatic rings. The van der Waals surface area contributed by atoms with E-state index in [-0.39, 0.29) is 29.8 Å². The Labute approximate surface area is 219 Å². The van der Waals surface area contributed by atoms with E-state index in [0.717, 1.165) is 21.9 Å². The Hall–Kier alpha value is -2.40. The number of halogens is 2. The van der Waals surface area contributed by atoms with Crippen molar-refractivity contribution in [2.75, 3.05) is 7.11 Å². The molecule has 0 fully saturated rings. The van der Waals surface area contributed by atoms with E-state index in [0.29, 0.717) is 26.6 Å². The zero-order chi connectivity index (χ0) is 25.9. The Morgan fingerprint density at radius 2 is 1.23 bits per heavy atom. The lowest BCUT2D eigenvalue weighted by Crippen LogP contribution is -2.25. The molecule has 8 nitrogen and oxygen atoms in total. The zero-order valence-corrected chi connectivity index (χ0v) is 23.4. The number of aliphatic hydroxyl groups is 1. The molecule has 1 N–H and O–H groups in total. The molecule has 0 aliphatic carbocycles. The maximum absolute atomic E-state index is 12.3. The summed E-state index contributed by atoms with van der Waals surface area (Å²) in [6, 6.07) is 11.0. The molecule has 0 amide bonds. The van der Waals surface area contributed by atoms with Crippen molar-refractivity contribution in [3.8, 4) is 0 Å². The largest absolute Gasteiger partial charge is 0.392 e. The van der Waals surface area contributed by atoms with Crippen LogP contribution in [0, 0.1) is 0 Å². The fourth-order valence-electron chi connectivity index (χ4n) is 3.59. The number of hydrogen-bond acceptors (Lipinski definition) is 6. The Morgan fingerprint density at radius 3 is 1.63 bits per heavy atom. The highest BCUT2D eigenvalue weighted by molar-refractivity contribution is 9.10. The molecule has 35 heavy (non-hydrogen) atoms. The predicted octanol–water partition coefficient (Wildman–Crippen LogP) is 5.12. The second-order valence-electron chi connectivity index (χ2n) is 8.62. The van der Waals surface area contributed by atoms with Crippen LogP contribution >= 0.6 is 31.9 Å². The molecule has 0 unspecified atom stereocenters. The average Bonchev–Trinajstić information content (AvgIpc) is 2.83. The maximum Gasteiger partial charge on any atom is 0.274 e. The van der Waals surface area contributed by atoms with Crippen molar-refractivity contribution < 1.29 is 9.84 Å². The molecule has 2 aromatic heterocycles. The average molecular weight is 608 g/mol. The number of benzene rings is 2. The third-order valence-electron chi connectivity index (χ3n) is 5.35. The van der Waals surface area contributed by atoms with Gasteiger partial charge in [-0.3, -0.25) is 9.59 Å². The van der Waals surface area contributed by atoms with Gasteiger partial charge in [-0.05, 0) is 82.8 Å². The summed E-state index contributed by atoms with van der Waals surface area (Å²) in [4.78, 5) is 24.5. The third kappa shape index (κ3) is 5.88. The van der Waals surface area contributed by atoms with Gasteiger partial charge in [0, 0.05) is 17.9 Å². The van der Waals surface area contributed by atoms with Gasteiger partial charge in [-0.25, -0.2) is 9.36 Å². The third-order valence-corrected chi connectivity index (χ3v) is 6.52. The Bertz CT molecular complexity index is 1480. The Kier molecular flexibility index (Phi) is 8.98. The van der Waals surface area contributed by atoms with Crippen LogP contribution in [0.3, 0.4) is 0 Å². The fourth-order valence-corrected chi connectivity index (χ4v) is 4.62. The van der Waals surface area contributed by atoms with Crippen LogP contribution in [-0.4, -0.2) is 31.8 Å². The maximum atomic E-state index is 12.3. The van der Waals surface area contributed by atoms with Crippen LogP contribution in [0.5, 0.6) is 0 Å². The number of fused-ring (bicyclic) bond motifs is 2. The summed E-state index contributed by atoms with van der Waals surface area (Å²) in [5.41, 5.74) is 1.51. The van der Waals surface area contributed by atoms with Gasteiger partial charge in [0.15, 0.2) is 0 Å². The lowest BCUT2D eigenvalue weighted by molar-refractivity contribution is 0.185. The minimum atomic E-state index is -0.131. The van der Waals surface area contributed by atoms with Gasteiger partial charge in [0.25, 0.3) is 11.1 Å². The molecule has 0 saturated carbocycles. The van der Waals surface area contributed by atoms with Gasteiger partial charge in [0.1, 0.15) is 9.21 Å². The van der Waals surface area contributed by atoms with Crippen molar-refractivity contribution in [2.24, 2.45) is 0 Å². The number of rotatable bonds is 5. The van der Waals surface area contributed by atoms with E-state index in [1.807, 2.05) is 45.9 Å². The summed E-state index contributed by atoms with van der Waals surface area (Å²) < 4.78 is 9.35. The lowest BCUT2D eigenvalue weighted by Gasteiger charge is -2.11. The first-order valence-electron chi connectivity index (χ1n) is 11.1. The molecule has 0 spiro atoms. The van der Waals surface area contributed by atoms with Crippen molar-refractivity contribution in [3.05, 3.63) is 77.4 Å². The van der Waals surface area contributed by atoms with Gasteiger partial charge >= 0.3 is 0 Å². The molecule has 0 saturated heterocycles. The quantitative estimate of drug-likeness (QED) is 0.338. The monoisotopic (exact) mass is 606 g/mol. The van der Waals surface area contributed by atoms with Crippen molar-refractivity contribution in [1.29, 1.82) is 0 Å². The molecule has 0 bridgehead atoms. The molecule has 0 radical (unpaired) electrons. The minimum absolute atomic E-state index is 0.000910. The standard InChI is InChI=1S/C13H15BrN2O2.C12H13BrN2O2/c1-8(2)16-13(17)11-6-9(7-18-3)4-5-10(11)12(14)15-16;1-7(2)15-12(17)10-5-8(6-16)3-4-9(10)11(13)14-15/h4-6,8H,7H2,1-3H3;3-5,7,16H,6H2,1-2H3. The van der Waals surface area contributed by atoms with Crippen LogP contribution in [0.4, 0.5) is 0 Å². The number of aromatic nitrogens is 4. The number of hydrogen-bond donors (Lipinski definition) is 1. The molecule has 2 heterocycles. The number of aliphatic hydroxyl groups excluding tert-OH is 1. The van der Waals surface area contributed by atoms with Crippen molar-refractivity contribution in [1.82, 2.24) is 19.6 Å². The van der Waals surface area contributed by atoms with E-state index in [9.17, 15) is 9.59 Å². The summed E-state index contributed by atoms with van der Waals surface area (Å²) in [6.45, 7) is 8.11. The zero-order valence-electron chi connectivity index (χ0n) is 20.2. The van der Waals surface area contributed by atoms with Gasteiger partial charge in [-0.15, -0.1) is 0 Å². The number of methoxy groups -OCH3 is 1. The van der Waals surface area contributed by atoms with Gasteiger partial charge < -0.3 is 9.84 Å². The molecule has 4 rings (SSSR count). The van der Waals surface area contributed by atoms with Crippen LogP contribution in [-0.2, 0) is 18.0 Å². The van der Waals surface area contributed by atoms with E-state index in [1.165, 1.54) is 9.36 Å². The highest BCUT2D eigenvalue weighted by Gasteiger charge is 2.12. The summed E-state index contributed by atoms with van der Waals surface area (Å²) in [7, 11) is 1.64. The van der Waals surface area contributed by atoms with Crippen LogP contribution in [0.1, 0.15) is 50.9 Å². The van der Waals surface area contributed by atoms with E-state index in [1.54, 1.807) is 25.3 Å². The number of ether oxygens (including phenoxy) is 1. The fraction of sp³-hybridized carbons (Fsp3) is 0.360. The first-order chi connectivity index (χ1) is 16.6. The van der Waals surface area contributed by atoms with E-state index >= 15 is 0 Å². The van der Waals surface area contributed by atoms with Crippen LogP contribution in [0.25, 0.3) is 21.5 Å². The molecule has 0 aliphatic heterocycles. The highest BCUT2D eigenvalue weighted by atomic mass is 79.9. The SMILES string of the molecule is CC(C)n1nc(Br)c2ccc(CO)cc2c1=O.COCc1ccc2c(Br)nn(C(C)C)c(=O)c2c1. The Morgan fingerprint density at radius 1 is 0.800 bits per heavy atom. The van der Waals surface area contributed by atoms with Gasteiger partial charge in [-0.2, -0.15) is 10.2 Å². The second kappa shape index (κ2) is 11.6. The molecule has 186 valence electrons. The molecule has 2 aromatic carbocycles. The van der Waals surface area contributed by atoms with Crippen LogP contribution in [0.2, 0.25) is 0 Å². The van der Waals surface area contributed by atoms with Gasteiger partial charge in [0.2, 0.25) is 0 Å². The Balaban J connectivity index is 0.000000196. The van der Waals surface area contributed by atoms with E-state index in [2.05, 4.69) is 42.1 Å². The summed E-state index contributed by atoms with van der Waals surface area (Å²) in [5, 5.41) is 20.4. The molecule has 0 aliphatic rings.